The number of anilines is 1. The molecule has 0 aromatic carbocycles. The van der Waals surface area contributed by atoms with Crippen molar-refractivity contribution in [2.45, 2.75) is 0 Å². The van der Waals surface area contributed by atoms with Gasteiger partial charge in [0.1, 0.15) is 6.54 Å². The number of aliphatic carboxylic acids is 1. The van der Waals surface area contributed by atoms with Gasteiger partial charge in [0.05, 0.1) is 11.6 Å². The minimum atomic E-state index is -0.980. The van der Waals surface area contributed by atoms with Crippen molar-refractivity contribution in [3.05, 3.63) is 12.4 Å². The number of hydrogen-bond donors (Lipinski definition) is 2. The molecule has 2 rings (SSSR count). The van der Waals surface area contributed by atoms with Crippen LogP contribution < -0.4 is 5.32 Å². The quantitative estimate of drug-likeness (QED) is 0.715. The smallest absolute Gasteiger partial charge is 0.322 e. The van der Waals surface area contributed by atoms with Crippen LogP contribution in [0.5, 0.6) is 0 Å². The van der Waals surface area contributed by atoms with Gasteiger partial charge in [0, 0.05) is 6.20 Å². The Morgan fingerprint density at radius 3 is 3.21 bits per heavy atom. The van der Waals surface area contributed by atoms with Gasteiger partial charge in [-0.2, -0.15) is 4.98 Å². The molecule has 0 unspecified atom stereocenters. The number of nitrogens with one attached hydrogen (secondary N) is 1. The van der Waals surface area contributed by atoms with Gasteiger partial charge in [-0.3, -0.25) is 4.79 Å². The van der Waals surface area contributed by atoms with Crippen LogP contribution in [0.2, 0.25) is 0 Å². The number of fused-ring (bicyclic) bond motifs is 1. The molecule has 7 heteroatoms. The molecule has 14 heavy (non-hydrogen) atoms. The summed E-state index contributed by atoms with van der Waals surface area (Å²) >= 11 is 0. The number of nitrogens with zero attached hydrogens (tertiary/aromatic N) is 3. The third-order valence-corrected chi connectivity index (χ3v) is 1.51. The van der Waals surface area contributed by atoms with Crippen LogP contribution in [0.4, 0.5) is 5.95 Å². The highest BCUT2D eigenvalue weighted by Gasteiger charge is 2.04. The Hall–Kier alpha value is -2.18. The van der Waals surface area contributed by atoms with Gasteiger partial charge in [0.2, 0.25) is 5.95 Å². The molecule has 0 bridgehead atoms. The van der Waals surface area contributed by atoms with Crippen molar-refractivity contribution in [1.82, 2.24) is 15.1 Å². The minimum absolute atomic E-state index is 0.205. The Labute approximate surface area is 77.8 Å². The van der Waals surface area contributed by atoms with E-state index < -0.39 is 5.97 Å². The molecule has 0 fully saturated rings. The summed E-state index contributed by atoms with van der Waals surface area (Å²) in [5.41, 5.74) is 0.327. The van der Waals surface area contributed by atoms with Gasteiger partial charge in [-0.1, -0.05) is 5.16 Å². The molecule has 0 aliphatic rings. The summed E-state index contributed by atoms with van der Waals surface area (Å²) in [7, 11) is 0. The molecule has 0 spiro atoms. The first-order valence-electron chi connectivity index (χ1n) is 3.79. The number of hydrogen-bond acceptors (Lipinski definition) is 6. The zero-order valence-electron chi connectivity index (χ0n) is 6.97. The highest BCUT2D eigenvalue weighted by atomic mass is 16.5. The standard InChI is InChI=1S/C7H6N4O3/c12-5(13)3-9-7-8-1-4-2-10-14-6(4)11-7/h1-2H,3H2,(H,12,13)(H,8,9,11). The largest absolute Gasteiger partial charge is 0.480 e. The Morgan fingerprint density at radius 2 is 2.43 bits per heavy atom. The predicted molar refractivity (Wildman–Crippen MR) is 45.7 cm³/mol. The number of carboxylic acid groups (broad SMARTS) is 1. The van der Waals surface area contributed by atoms with E-state index in [0.717, 1.165) is 0 Å². The minimum Gasteiger partial charge on any atom is -0.480 e. The van der Waals surface area contributed by atoms with E-state index in [0.29, 0.717) is 11.1 Å². The van der Waals surface area contributed by atoms with Gasteiger partial charge in [-0.25, -0.2) is 4.98 Å². The summed E-state index contributed by atoms with van der Waals surface area (Å²) in [6.45, 7) is -0.236. The molecule has 7 nitrogen and oxygen atoms in total. The topological polar surface area (TPSA) is 101 Å². The molecule has 2 aromatic heterocycles. The molecule has 0 aliphatic heterocycles. The molecule has 0 radical (unpaired) electrons. The molecule has 2 aromatic rings. The van der Waals surface area contributed by atoms with Crippen molar-refractivity contribution in [2.75, 3.05) is 11.9 Å². The maximum Gasteiger partial charge on any atom is 0.322 e. The summed E-state index contributed by atoms with van der Waals surface area (Å²) in [5.74, 6) is -0.775. The van der Waals surface area contributed by atoms with Crippen molar-refractivity contribution < 1.29 is 14.4 Å². The van der Waals surface area contributed by atoms with Gasteiger partial charge in [0.25, 0.3) is 5.71 Å². The highest BCUT2D eigenvalue weighted by Crippen LogP contribution is 2.10. The maximum absolute atomic E-state index is 10.2. The van der Waals surface area contributed by atoms with Crippen LogP contribution in [0.25, 0.3) is 11.1 Å². The monoisotopic (exact) mass is 194 g/mol. The average molecular weight is 194 g/mol. The predicted octanol–water partition coefficient (Wildman–Crippen LogP) is 0.114. The number of aromatic nitrogens is 3. The summed E-state index contributed by atoms with van der Waals surface area (Å²) in [5, 5.41) is 15.1. The fourth-order valence-electron chi connectivity index (χ4n) is 0.910. The van der Waals surface area contributed by atoms with Gasteiger partial charge >= 0.3 is 5.97 Å². The SMILES string of the molecule is O=C(O)CNc1ncc2cnoc2n1. The van der Waals surface area contributed by atoms with Crippen molar-refractivity contribution in [3.63, 3.8) is 0 Å². The molecule has 0 saturated heterocycles. The fraction of sp³-hybridized carbons (Fsp3) is 0.143. The second kappa shape index (κ2) is 3.29. The van der Waals surface area contributed by atoms with Crippen LogP contribution >= 0.6 is 0 Å². The molecule has 72 valence electrons. The van der Waals surface area contributed by atoms with Gasteiger partial charge in [-0.15, -0.1) is 0 Å². The zero-order chi connectivity index (χ0) is 9.97. The third kappa shape index (κ3) is 1.60. The fourth-order valence-corrected chi connectivity index (χ4v) is 0.910. The van der Waals surface area contributed by atoms with Crippen molar-refractivity contribution in [3.8, 4) is 0 Å². The Kier molecular flexibility index (Phi) is 1.98. The van der Waals surface area contributed by atoms with Crippen LogP contribution in [0.1, 0.15) is 0 Å². The second-order valence-corrected chi connectivity index (χ2v) is 2.53. The van der Waals surface area contributed by atoms with Crippen LogP contribution in [0, 0.1) is 0 Å². The lowest BCUT2D eigenvalue weighted by atomic mass is 10.5. The third-order valence-electron chi connectivity index (χ3n) is 1.51. The van der Waals surface area contributed by atoms with Gasteiger partial charge < -0.3 is 14.9 Å². The molecule has 2 N–H and O–H groups in total. The number of carboxylic acids is 1. The van der Waals surface area contributed by atoms with Crippen LogP contribution in [0.3, 0.4) is 0 Å². The second-order valence-electron chi connectivity index (χ2n) is 2.53. The molecule has 0 amide bonds. The zero-order valence-corrected chi connectivity index (χ0v) is 6.97. The summed E-state index contributed by atoms with van der Waals surface area (Å²) in [6, 6.07) is 0. The number of rotatable bonds is 3. The van der Waals surface area contributed by atoms with Crippen molar-refractivity contribution in [1.29, 1.82) is 0 Å². The molecule has 0 aliphatic carbocycles. The van der Waals surface area contributed by atoms with E-state index in [2.05, 4.69) is 20.4 Å². The van der Waals surface area contributed by atoms with E-state index in [1.807, 2.05) is 0 Å². The lowest BCUT2D eigenvalue weighted by Crippen LogP contribution is -2.13. The van der Waals surface area contributed by atoms with Crippen LogP contribution in [-0.2, 0) is 4.79 Å². The molecule has 2 heterocycles. The first kappa shape index (κ1) is 8.42. The lowest BCUT2D eigenvalue weighted by Gasteiger charge is -1.98. The normalized spacial score (nSPS) is 10.3. The Balaban J connectivity index is 2.21. The summed E-state index contributed by atoms with van der Waals surface area (Å²) < 4.78 is 4.78. The Morgan fingerprint density at radius 1 is 1.57 bits per heavy atom. The number of carbonyl (C=O) groups is 1. The highest BCUT2D eigenvalue weighted by molar-refractivity contribution is 5.74. The van der Waals surface area contributed by atoms with E-state index in [9.17, 15) is 4.79 Å². The van der Waals surface area contributed by atoms with E-state index in [-0.39, 0.29) is 12.5 Å². The van der Waals surface area contributed by atoms with E-state index in [1.54, 1.807) is 0 Å². The Bertz CT molecular complexity index is 467. The van der Waals surface area contributed by atoms with Crippen molar-refractivity contribution >= 4 is 23.0 Å². The summed E-state index contributed by atoms with van der Waals surface area (Å²) in [4.78, 5) is 18.0. The van der Waals surface area contributed by atoms with Crippen LogP contribution in [0.15, 0.2) is 16.9 Å². The van der Waals surface area contributed by atoms with E-state index in [1.165, 1.54) is 12.4 Å². The lowest BCUT2D eigenvalue weighted by molar-refractivity contribution is -0.134. The first-order chi connectivity index (χ1) is 6.75. The summed E-state index contributed by atoms with van der Waals surface area (Å²) in [6.07, 6.45) is 2.99. The molecular formula is C7H6N4O3. The first-order valence-corrected chi connectivity index (χ1v) is 3.79. The maximum atomic E-state index is 10.2. The van der Waals surface area contributed by atoms with Gasteiger partial charge in [0.15, 0.2) is 0 Å². The van der Waals surface area contributed by atoms with Crippen LogP contribution in [-0.4, -0.2) is 32.7 Å². The van der Waals surface area contributed by atoms with E-state index in [4.69, 9.17) is 9.63 Å². The van der Waals surface area contributed by atoms with Gasteiger partial charge in [-0.05, 0) is 0 Å². The molecular weight excluding hydrogens is 188 g/mol. The van der Waals surface area contributed by atoms with E-state index >= 15 is 0 Å². The molecule has 0 atom stereocenters. The molecule has 0 saturated carbocycles. The van der Waals surface area contributed by atoms with Crippen molar-refractivity contribution in [2.24, 2.45) is 0 Å². The average Bonchev–Trinajstić information content (AvgIpc) is 2.61.